The minimum Gasteiger partial charge on any atom is -0.483 e. The SMILES string of the molecule is Cc1ccc(S(=O)(=O)Nc2cc(C(F)(F)F)ccc2OCc2ccco2)cc1. The summed E-state index contributed by atoms with van der Waals surface area (Å²) in [4.78, 5) is -0.0764. The van der Waals surface area contributed by atoms with Gasteiger partial charge in [-0.15, -0.1) is 0 Å². The Morgan fingerprint density at radius 1 is 1.07 bits per heavy atom. The molecule has 2 aromatic carbocycles. The lowest BCUT2D eigenvalue weighted by Crippen LogP contribution is -2.15. The number of hydrogen-bond acceptors (Lipinski definition) is 4. The third-order valence-corrected chi connectivity index (χ3v) is 5.21. The average molecular weight is 411 g/mol. The molecule has 3 rings (SSSR count). The number of nitrogens with one attached hydrogen (secondary N) is 1. The second kappa shape index (κ2) is 7.59. The summed E-state index contributed by atoms with van der Waals surface area (Å²) in [6.07, 6.45) is -3.21. The molecule has 9 heteroatoms. The van der Waals surface area contributed by atoms with Crippen LogP contribution in [-0.2, 0) is 22.8 Å². The van der Waals surface area contributed by atoms with E-state index in [4.69, 9.17) is 9.15 Å². The largest absolute Gasteiger partial charge is 0.483 e. The molecule has 28 heavy (non-hydrogen) atoms. The zero-order valence-corrected chi connectivity index (χ0v) is 15.5. The van der Waals surface area contributed by atoms with Crippen molar-refractivity contribution in [3.8, 4) is 5.75 Å². The fourth-order valence-corrected chi connectivity index (χ4v) is 3.44. The fourth-order valence-electron chi connectivity index (χ4n) is 2.38. The van der Waals surface area contributed by atoms with Crippen LogP contribution >= 0.6 is 0 Å². The van der Waals surface area contributed by atoms with Crippen LogP contribution in [0.1, 0.15) is 16.9 Å². The number of sulfonamides is 1. The molecule has 0 fully saturated rings. The highest BCUT2D eigenvalue weighted by atomic mass is 32.2. The van der Waals surface area contributed by atoms with E-state index in [1.165, 1.54) is 18.4 Å². The lowest BCUT2D eigenvalue weighted by Gasteiger charge is -2.16. The van der Waals surface area contributed by atoms with Crippen molar-refractivity contribution in [3.63, 3.8) is 0 Å². The van der Waals surface area contributed by atoms with Crippen molar-refractivity contribution < 1.29 is 30.7 Å². The molecule has 3 aromatic rings. The maximum Gasteiger partial charge on any atom is 0.416 e. The molecule has 0 unspecified atom stereocenters. The molecule has 1 heterocycles. The number of hydrogen-bond donors (Lipinski definition) is 1. The van der Waals surface area contributed by atoms with Gasteiger partial charge in [0.25, 0.3) is 10.0 Å². The second-order valence-corrected chi connectivity index (χ2v) is 7.68. The van der Waals surface area contributed by atoms with E-state index in [1.54, 1.807) is 31.2 Å². The number of benzene rings is 2. The smallest absolute Gasteiger partial charge is 0.416 e. The van der Waals surface area contributed by atoms with E-state index in [9.17, 15) is 21.6 Å². The molecule has 0 aliphatic rings. The first-order valence-electron chi connectivity index (χ1n) is 8.11. The van der Waals surface area contributed by atoms with Gasteiger partial charge in [0.1, 0.15) is 18.1 Å². The Kier molecular flexibility index (Phi) is 5.37. The van der Waals surface area contributed by atoms with Gasteiger partial charge in [-0.05, 0) is 49.4 Å². The zero-order chi connectivity index (χ0) is 20.4. The van der Waals surface area contributed by atoms with Gasteiger partial charge in [-0.1, -0.05) is 17.7 Å². The maximum atomic E-state index is 13.1. The predicted molar refractivity (Wildman–Crippen MR) is 96.5 cm³/mol. The molecule has 0 spiro atoms. The molecule has 0 aliphatic carbocycles. The van der Waals surface area contributed by atoms with Crippen molar-refractivity contribution in [1.29, 1.82) is 0 Å². The van der Waals surface area contributed by atoms with Crippen LogP contribution in [-0.4, -0.2) is 8.42 Å². The summed E-state index contributed by atoms with van der Waals surface area (Å²) in [5.41, 5.74) is -0.470. The monoisotopic (exact) mass is 411 g/mol. The highest BCUT2D eigenvalue weighted by Gasteiger charge is 2.32. The number of ether oxygens (including phenoxy) is 1. The summed E-state index contributed by atoms with van der Waals surface area (Å²) < 4.78 is 77.2. The minimum absolute atomic E-state index is 0.0555. The highest BCUT2D eigenvalue weighted by molar-refractivity contribution is 7.92. The van der Waals surface area contributed by atoms with Crippen LogP contribution < -0.4 is 9.46 Å². The lowest BCUT2D eigenvalue weighted by atomic mass is 10.2. The molecule has 0 saturated heterocycles. The van der Waals surface area contributed by atoms with Crippen LogP contribution in [0.3, 0.4) is 0 Å². The van der Waals surface area contributed by atoms with E-state index in [-0.39, 0.29) is 22.9 Å². The molecule has 0 aliphatic heterocycles. The number of aryl methyl sites for hydroxylation is 1. The van der Waals surface area contributed by atoms with Gasteiger partial charge >= 0.3 is 6.18 Å². The van der Waals surface area contributed by atoms with Crippen molar-refractivity contribution in [3.05, 3.63) is 77.7 Å². The topological polar surface area (TPSA) is 68.5 Å². The van der Waals surface area contributed by atoms with E-state index in [2.05, 4.69) is 4.72 Å². The highest BCUT2D eigenvalue weighted by Crippen LogP contribution is 2.36. The standard InChI is InChI=1S/C19H16F3NO4S/c1-13-4-7-16(8-5-13)28(24,25)23-17-11-14(19(20,21)22)6-9-18(17)27-12-15-3-2-10-26-15/h2-11,23H,12H2,1H3. The molecule has 0 radical (unpaired) electrons. The number of furan rings is 1. The van der Waals surface area contributed by atoms with Crippen LogP contribution in [0, 0.1) is 6.92 Å². The van der Waals surface area contributed by atoms with Gasteiger partial charge in [0, 0.05) is 0 Å². The van der Waals surface area contributed by atoms with E-state index in [1.807, 2.05) is 0 Å². The summed E-state index contributed by atoms with van der Waals surface area (Å²) in [5, 5.41) is 0. The Hall–Kier alpha value is -2.94. The number of halogens is 3. The third kappa shape index (κ3) is 4.66. The van der Waals surface area contributed by atoms with Crippen LogP contribution in [0.25, 0.3) is 0 Å². The van der Waals surface area contributed by atoms with Gasteiger partial charge in [-0.3, -0.25) is 4.72 Å². The van der Waals surface area contributed by atoms with Crippen molar-refractivity contribution in [2.75, 3.05) is 4.72 Å². The summed E-state index contributed by atoms with van der Waals surface area (Å²) in [7, 11) is -4.11. The fraction of sp³-hybridized carbons (Fsp3) is 0.158. The molecule has 0 atom stereocenters. The molecule has 0 saturated carbocycles. The van der Waals surface area contributed by atoms with E-state index in [0.29, 0.717) is 11.8 Å². The molecule has 5 nitrogen and oxygen atoms in total. The molecule has 1 aromatic heterocycles. The third-order valence-electron chi connectivity index (χ3n) is 3.83. The van der Waals surface area contributed by atoms with Gasteiger partial charge < -0.3 is 9.15 Å². The molecule has 0 amide bonds. The molecule has 1 N–H and O–H groups in total. The first-order chi connectivity index (χ1) is 13.1. The van der Waals surface area contributed by atoms with Gasteiger partial charge in [0.2, 0.25) is 0 Å². The Labute approximate surface area is 159 Å². The van der Waals surface area contributed by atoms with Crippen molar-refractivity contribution in [2.24, 2.45) is 0 Å². The van der Waals surface area contributed by atoms with Crippen molar-refractivity contribution >= 4 is 15.7 Å². The number of anilines is 1. The first-order valence-corrected chi connectivity index (χ1v) is 9.59. The van der Waals surface area contributed by atoms with Crippen LogP contribution in [0.15, 0.2) is 70.2 Å². The van der Waals surface area contributed by atoms with E-state index < -0.39 is 21.8 Å². The molecule has 0 bridgehead atoms. The summed E-state index contributed by atoms with van der Waals surface area (Å²) in [5.74, 6) is 0.382. The van der Waals surface area contributed by atoms with E-state index in [0.717, 1.165) is 17.7 Å². The van der Waals surface area contributed by atoms with Crippen LogP contribution in [0.2, 0.25) is 0 Å². The first kappa shape index (κ1) is 19.8. The van der Waals surface area contributed by atoms with Crippen LogP contribution in [0.5, 0.6) is 5.75 Å². The Morgan fingerprint density at radius 2 is 1.79 bits per heavy atom. The van der Waals surface area contributed by atoms with Gasteiger partial charge in [0.05, 0.1) is 22.4 Å². The lowest BCUT2D eigenvalue weighted by molar-refractivity contribution is -0.137. The summed E-state index contributed by atoms with van der Waals surface area (Å²) in [6.45, 7) is 1.72. The van der Waals surface area contributed by atoms with Gasteiger partial charge in [-0.2, -0.15) is 13.2 Å². The van der Waals surface area contributed by atoms with Crippen LogP contribution in [0.4, 0.5) is 18.9 Å². The zero-order valence-electron chi connectivity index (χ0n) is 14.7. The number of alkyl halides is 3. The maximum absolute atomic E-state index is 13.1. The molecule has 148 valence electrons. The quantitative estimate of drug-likeness (QED) is 0.621. The Balaban J connectivity index is 1.94. The summed E-state index contributed by atoms with van der Waals surface area (Å²) in [6, 6.07) is 11.8. The second-order valence-electron chi connectivity index (χ2n) is 6.00. The summed E-state index contributed by atoms with van der Waals surface area (Å²) >= 11 is 0. The number of rotatable bonds is 6. The molecular weight excluding hydrogens is 395 g/mol. The van der Waals surface area contributed by atoms with Crippen molar-refractivity contribution in [2.45, 2.75) is 24.6 Å². The Bertz CT molecular complexity index is 1040. The molecular formula is C19H16F3NO4S. The van der Waals surface area contributed by atoms with Gasteiger partial charge in [0.15, 0.2) is 0 Å². The van der Waals surface area contributed by atoms with Crippen molar-refractivity contribution in [1.82, 2.24) is 0 Å². The average Bonchev–Trinajstić information content (AvgIpc) is 3.13. The predicted octanol–water partition coefficient (Wildman–Crippen LogP) is 4.99. The van der Waals surface area contributed by atoms with Gasteiger partial charge in [-0.25, -0.2) is 8.42 Å². The normalized spacial score (nSPS) is 12.0. The Morgan fingerprint density at radius 3 is 2.39 bits per heavy atom. The van der Waals surface area contributed by atoms with E-state index >= 15 is 0 Å². The minimum atomic E-state index is -4.64.